The maximum atomic E-state index is 13.2. The molecule has 0 aliphatic carbocycles. The molecule has 0 radical (unpaired) electrons. The monoisotopic (exact) mass is 448 g/mol. The van der Waals surface area contributed by atoms with Crippen LogP contribution < -0.4 is 20.1 Å². The van der Waals surface area contributed by atoms with Gasteiger partial charge in [0.15, 0.2) is 11.5 Å². The first-order valence-electron chi connectivity index (χ1n) is 10.6. The van der Waals surface area contributed by atoms with Gasteiger partial charge in [-0.2, -0.15) is 0 Å². The summed E-state index contributed by atoms with van der Waals surface area (Å²) in [6, 6.07) is 15.8. The molecule has 1 atom stereocenters. The molecular weight excluding hydrogens is 420 g/mol. The fraction of sp³-hybridized carbons (Fsp3) is 0.231. The summed E-state index contributed by atoms with van der Waals surface area (Å²) in [7, 11) is 3.13. The van der Waals surface area contributed by atoms with Gasteiger partial charge >= 0.3 is 0 Å². The van der Waals surface area contributed by atoms with Gasteiger partial charge in [-0.15, -0.1) is 0 Å². The minimum Gasteiger partial charge on any atom is -0.493 e. The first-order chi connectivity index (χ1) is 16.0. The first-order valence-corrected chi connectivity index (χ1v) is 10.6. The Morgan fingerprint density at radius 3 is 2.42 bits per heavy atom. The van der Waals surface area contributed by atoms with Crippen molar-refractivity contribution in [1.82, 2.24) is 10.6 Å². The predicted octanol–water partition coefficient (Wildman–Crippen LogP) is 4.64. The fourth-order valence-electron chi connectivity index (χ4n) is 3.42. The molecule has 2 N–H and O–H groups in total. The molecule has 7 nitrogen and oxygen atoms in total. The maximum Gasteiger partial charge on any atom is 0.268 e. The molecule has 172 valence electrons. The third-order valence-corrected chi connectivity index (χ3v) is 5.24. The van der Waals surface area contributed by atoms with Gasteiger partial charge < -0.3 is 24.5 Å². The number of aryl methyl sites for hydroxylation is 1. The molecule has 0 unspecified atom stereocenters. The Bertz CT molecular complexity index is 1140. The van der Waals surface area contributed by atoms with E-state index in [4.69, 9.17) is 13.9 Å². The van der Waals surface area contributed by atoms with E-state index in [0.29, 0.717) is 29.2 Å². The van der Waals surface area contributed by atoms with E-state index in [9.17, 15) is 9.59 Å². The number of furan rings is 1. The second-order valence-corrected chi connectivity index (χ2v) is 7.39. The minimum absolute atomic E-state index is 0.0807. The van der Waals surface area contributed by atoms with E-state index in [1.807, 2.05) is 38.1 Å². The summed E-state index contributed by atoms with van der Waals surface area (Å²) < 4.78 is 16.0. The van der Waals surface area contributed by atoms with Crippen molar-refractivity contribution in [1.29, 1.82) is 0 Å². The van der Waals surface area contributed by atoms with Crippen LogP contribution in [0.4, 0.5) is 0 Å². The molecule has 0 aliphatic heterocycles. The molecule has 0 bridgehead atoms. The number of hydrogen-bond donors (Lipinski definition) is 2. The Kier molecular flexibility index (Phi) is 7.91. The zero-order valence-corrected chi connectivity index (χ0v) is 19.2. The molecule has 0 spiro atoms. The standard InChI is InChI=1S/C26H28N2O5/c1-5-21(18-12-13-23(31-3)24(15-18)32-4)27-26(30)22(16-19-10-8-14-33-19)28-25(29)20-11-7-6-9-17(20)2/h6-16,21H,5H2,1-4H3,(H,27,30)(H,28,29)/b22-16-/t21-/m0/s1. The Hall–Kier alpha value is -4.00. The highest BCUT2D eigenvalue weighted by Crippen LogP contribution is 2.31. The van der Waals surface area contributed by atoms with Crippen molar-refractivity contribution in [2.24, 2.45) is 0 Å². The number of carbonyl (C=O) groups excluding carboxylic acids is 2. The van der Waals surface area contributed by atoms with Crippen LogP contribution in [0.25, 0.3) is 6.08 Å². The molecule has 1 heterocycles. The SMILES string of the molecule is CC[C@H](NC(=O)/C(=C/c1ccco1)NC(=O)c1ccccc1C)c1ccc(OC)c(OC)c1. The van der Waals surface area contributed by atoms with Crippen LogP contribution in [0.3, 0.4) is 0 Å². The second-order valence-electron chi connectivity index (χ2n) is 7.39. The summed E-state index contributed by atoms with van der Waals surface area (Å²) in [5, 5.41) is 5.74. The van der Waals surface area contributed by atoms with Crippen molar-refractivity contribution in [3.05, 3.63) is 89.0 Å². The summed E-state index contributed by atoms with van der Waals surface area (Å²) in [6.07, 6.45) is 3.64. The number of amides is 2. The average Bonchev–Trinajstić information content (AvgIpc) is 3.34. The third-order valence-electron chi connectivity index (χ3n) is 5.24. The zero-order valence-electron chi connectivity index (χ0n) is 19.2. The van der Waals surface area contributed by atoms with Crippen LogP contribution in [0.2, 0.25) is 0 Å². The quantitative estimate of drug-likeness (QED) is 0.466. The van der Waals surface area contributed by atoms with Gasteiger partial charge in [0.2, 0.25) is 0 Å². The summed E-state index contributed by atoms with van der Waals surface area (Å²) in [4.78, 5) is 26.1. The van der Waals surface area contributed by atoms with Crippen LogP contribution in [-0.2, 0) is 4.79 Å². The molecular formula is C26H28N2O5. The molecule has 2 amide bonds. The van der Waals surface area contributed by atoms with Gasteiger partial charge in [0.1, 0.15) is 11.5 Å². The average molecular weight is 449 g/mol. The van der Waals surface area contributed by atoms with Gasteiger partial charge in [-0.3, -0.25) is 9.59 Å². The van der Waals surface area contributed by atoms with E-state index in [1.165, 1.54) is 12.3 Å². The van der Waals surface area contributed by atoms with Gasteiger partial charge in [-0.1, -0.05) is 31.2 Å². The van der Waals surface area contributed by atoms with E-state index in [1.54, 1.807) is 44.6 Å². The highest BCUT2D eigenvalue weighted by atomic mass is 16.5. The van der Waals surface area contributed by atoms with Gasteiger partial charge in [-0.05, 0) is 54.8 Å². The molecule has 3 aromatic rings. The first kappa shape index (κ1) is 23.7. The molecule has 3 rings (SSSR count). The number of nitrogens with one attached hydrogen (secondary N) is 2. The van der Waals surface area contributed by atoms with Gasteiger partial charge in [0, 0.05) is 11.6 Å². The normalized spacial score (nSPS) is 12.1. The Morgan fingerprint density at radius 2 is 1.79 bits per heavy atom. The van der Waals surface area contributed by atoms with Gasteiger partial charge in [0.05, 0.1) is 26.5 Å². The van der Waals surface area contributed by atoms with Crippen molar-refractivity contribution in [2.75, 3.05) is 14.2 Å². The van der Waals surface area contributed by atoms with Crippen molar-refractivity contribution < 1.29 is 23.5 Å². The summed E-state index contributed by atoms with van der Waals surface area (Å²) in [6.45, 7) is 3.80. The Morgan fingerprint density at radius 1 is 1.03 bits per heavy atom. The number of rotatable bonds is 9. The van der Waals surface area contributed by atoms with E-state index in [0.717, 1.165) is 11.1 Å². The Balaban J connectivity index is 1.86. The van der Waals surface area contributed by atoms with Crippen LogP contribution in [0.1, 0.15) is 46.6 Å². The van der Waals surface area contributed by atoms with Crippen molar-refractivity contribution in [2.45, 2.75) is 26.3 Å². The number of hydrogen-bond acceptors (Lipinski definition) is 5. The van der Waals surface area contributed by atoms with Crippen LogP contribution in [0.5, 0.6) is 11.5 Å². The van der Waals surface area contributed by atoms with Crippen LogP contribution >= 0.6 is 0 Å². The fourth-order valence-corrected chi connectivity index (χ4v) is 3.42. The predicted molar refractivity (Wildman–Crippen MR) is 126 cm³/mol. The van der Waals surface area contributed by atoms with E-state index >= 15 is 0 Å². The van der Waals surface area contributed by atoms with Crippen LogP contribution in [-0.4, -0.2) is 26.0 Å². The molecule has 0 fully saturated rings. The highest BCUT2D eigenvalue weighted by molar-refractivity contribution is 6.05. The lowest BCUT2D eigenvalue weighted by Gasteiger charge is -2.20. The molecule has 33 heavy (non-hydrogen) atoms. The van der Waals surface area contributed by atoms with Gasteiger partial charge in [0.25, 0.3) is 11.8 Å². The lowest BCUT2D eigenvalue weighted by atomic mass is 10.0. The summed E-state index contributed by atoms with van der Waals surface area (Å²) in [5.41, 5.74) is 2.23. The molecule has 1 aromatic heterocycles. The molecule has 2 aromatic carbocycles. The number of methoxy groups -OCH3 is 2. The third kappa shape index (κ3) is 5.83. The minimum atomic E-state index is -0.435. The smallest absolute Gasteiger partial charge is 0.268 e. The largest absolute Gasteiger partial charge is 0.493 e. The van der Waals surface area contributed by atoms with Crippen molar-refractivity contribution in [3.63, 3.8) is 0 Å². The topological polar surface area (TPSA) is 89.8 Å². The number of ether oxygens (including phenoxy) is 2. The van der Waals surface area contributed by atoms with Crippen LogP contribution in [0, 0.1) is 6.92 Å². The maximum absolute atomic E-state index is 13.2. The van der Waals surface area contributed by atoms with E-state index in [-0.39, 0.29) is 17.6 Å². The Labute approximate surface area is 193 Å². The van der Waals surface area contributed by atoms with Gasteiger partial charge in [-0.25, -0.2) is 0 Å². The molecule has 0 aliphatic rings. The van der Waals surface area contributed by atoms with Crippen molar-refractivity contribution >= 4 is 17.9 Å². The zero-order chi connectivity index (χ0) is 23.8. The van der Waals surface area contributed by atoms with E-state index in [2.05, 4.69) is 10.6 Å². The summed E-state index contributed by atoms with van der Waals surface area (Å²) in [5.74, 6) is 0.813. The molecule has 0 saturated heterocycles. The molecule has 7 heteroatoms. The number of benzene rings is 2. The number of carbonyl (C=O) groups is 2. The molecule has 0 saturated carbocycles. The summed E-state index contributed by atoms with van der Waals surface area (Å²) >= 11 is 0. The highest BCUT2D eigenvalue weighted by Gasteiger charge is 2.21. The van der Waals surface area contributed by atoms with Crippen molar-refractivity contribution in [3.8, 4) is 11.5 Å². The van der Waals surface area contributed by atoms with E-state index < -0.39 is 5.91 Å². The lowest BCUT2D eigenvalue weighted by Crippen LogP contribution is -2.37. The second kappa shape index (κ2) is 11.0. The van der Waals surface area contributed by atoms with Crippen LogP contribution in [0.15, 0.2) is 71.0 Å². The lowest BCUT2D eigenvalue weighted by molar-refractivity contribution is -0.118.